The summed E-state index contributed by atoms with van der Waals surface area (Å²) in [6, 6.07) is 20.0. The minimum absolute atomic E-state index is 0.0656. The molecule has 168 valence electrons. The van der Waals surface area contributed by atoms with Crippen molar-refractivity contribution in [1.29, 1.82) is 0 Å². The van der Waals surface area contributed by atoms with E-state index >= 15 is 0 Å². The molecule has 4 aromatic rings. The maximum Gasteiger partial charge on any atom is 0.266 e. The van der Waals surface area contributed by atoms with Gasteiger partial charge in [-0.25, -0.2) is 4.98 Å². The Morgan fingerprint density at radius 3 is 2.33 bits per heavy atom. The smallest absolute Gasteiger partial charge is 0.266 e. The molecule has 0 aliphatic rings. The van der Waals surface area contributed by atoms with Crippen molar-refractivity contribution in [1.82, 2.24) is 9.55 Å². The van der Waals surface area contributed by atoms with Crippen LogP contribution in [-0.2, 0) is 4.79 Å². The van der Waals surface area contributed by atoms with Gasteiger partial charge in [0.2, 0.25) is 5.91 Å². The molecule has 4 rings (SSSR count). The summed E-state index contributed by atoms with van der Waals surface area (Å²) in [4.78, 5) is 30.7. The molecule has 1 heterocycles. The van der Waals surface area contributed by atoms with Crippen molar-refractivity contribution in [2.75, 3.05) is 25.3 Å². The lowest BCUT2D eigenvalue weighted by atomic mass is 10.2. The van der Waals surface area contributed by atoms with Crippen LogP contribution in [0.15, 0.2) is 76.7 Å². The van der Waals surface area contributed by atoms with Crippen molar-refractivity contribution >= 4 is 34.3 Å². The summed E-state index contributed by atoms with van der Waals surface area (Å²) in [5.74, 6) is 0.965. The average Bonchev–Trinajstić information content (AvgIpc) is 2.83. The number of aromatic nitrogens is 2. The number of nitrogens with zero attached hydrogens (tertiary/aromatic N) is 2. The van der Waals surface area contributed by atoms with Gasteiger partial charge in [0, 0.05) is 23.9 Å². The molecule has 1 aromatic heterocycles. The number of ether oxygens (including phenoxy) is 2. The Kier molecular flexibility index (Phi) is 6.65. The van der Waals surface area contributed by atoms with Crippen molar-refractivity contribution in [2.45, 2.75) is 12.1 Å². The lowest BCUT2D eigenvalue weighted by Gasteiger charge is -2.14. The Balaban J connectivity index is 1.63. The Labute approximate surface area is 195 Å². The van der Waals surface area contributed by atoms with E-state index in [1.807, 2.05) is 43.3 Å². The molecule has 3 aromatic carbocycles. The Hall–Kier alpha value is -3.78. The van der Waals surface area contributed by atoms with Gasteiger partial charge in [-0.1, -0.05) is 41.6 Å². The van der Waals surface area contributed by atoms with E-state index in [9.17, 15) is 9.59 Å². The first kappa shape index (κ1) is 22.4. The summed E-state index contributed by atoms with van der Waals surface area (Å²) in [6.07, 6.45) is 0. The van der Waals surface area contributed by atoms with Gasteiger partial charge in [0.15, 0.2) is 5.16 Å². The van der Waals surface area contributed by atoms with Crippen LogP contribution in [-0.4, -0.2) is 35.4 Å². The lowest BCUT2D eigenvalue weighted by molar-refractivity contribution is -0.113. The van der Waals surface area contributed by atoms with E-state index in [1.165, 1.54) is 11.8 Å². The second kappa shape index (κ2) is 9.79. The summed E-state index contributed by atoms with van der Waals surface area (Å²) in [6.45, 7) is 1.98. The molecule has 0 saturated carbocycles. The van der Waals surface area contributed by atoms with Crippen LogP contribution in [0.2, 0.25) is 0 Å². The van der Waals surface area contributed by atoms with Gasteiger partial charge in [-0.05, 0) is 31.2 Å². The number of para-hydroxylation sites is 1. The van der Waals surface area contributed by atoms with Gasteiger partial charge in [0.25, 0.3) is 5.56 Å². The maximum atomic E-state index is 13.3. The summed E-state index contributed by atoms with van der Waals surface area (Å²) in [7, 11) is 3.10. The van der Waals surface area contributed by atoms with Crippen molar-refractivity contribution in [3.63, 3.8) is 0 Å². The van der Waals surface area contributed by atoms with E-state index in [2.05, 4.69) is 10.3 Å². The second-order valence-electron chi connectivity index (χ2n) is 7.33. The number of carbonyl (C=O) groups excluding carboxylic acids is 1. The zero-order valence-corrected chi connectivity index (χ0v) is 19.3. The first-order chi connectivity index (χ1) is 16.0. The zero-order valence-electron chi connectivity index (χ0n) is 18.5. The molecule has 0 unspecified atom stereocenters. The molecule has 0 fully saturated rings. The number of hydrogen-bond donors (Lipinski definition) is 1. The monoisotopic (exact) mass is 461 g/mol. The Morgan fingerprint density at radius 2 is 1.67 bits per heavy atom. The maximum absolute atomic E-state index is 13.3. The number of fused-ring (bicyclic) bond motifs is 1. The molecular weight excluding hydrogens is 438 g/mol. The normalized spacial score (nSPS) is 10.8. The molecule has 0 aliphatic carbocycles. The van der Waals surface area contributed by atoms with Crippen LogP contribution in [0.3, 0.4) is 0 Å². The third kappa shape index (κ3) is 5.01. The first-order valence-corrected chi connectivity index (χ1v) is 11.2. The number of methoxy groups -OCH3 is 2. The van der Waals surface area contributed by atoms with E-state index in [0.717, 1.165) is 5.56 Å². The number of carbonyl (C=O) groups is 1. The molecule has 1 N–H and O–H groups in total. The van der Waals surface area contributed by atoms with Gasteiger partial charge in [-0.3, -0.25) is 14.2 Å². The van der Waals surface area contributed by atoms with E-state index in [4.69, 9.17) is 9.47 Å². The highest BCUT2D eigenvalue weighted by Gasteiger charge is 2.15. The van der Waals surface area contributed by atoms with Crippen LogP contribution in [0, 0.1) is 6.92 Å². The predicted octanol–water partition coefficient (Wildman–Crippen LogP) is 4.44. The molecule has 8 heteroatoms. The minimum atomic E-state index is -0.242. The molecule has 0 bridgehead atoms. The quantitative estimate of drug-likeness (QED) is 0.324. The Morgan fingerprint density at radius 1 is 1.00 bits per heavy atom. The molecule has 0 radical (unpaired) electrons. The SMILES string of the molecule is COc1cc(NC(=O)CSc2nc3ccccc3c(=O)n2-c2ccc(C)cc2)cc(OC)c1. The first-order valence-electron chi connectivity index (χ1n) is 10.2. The summed E-state index contributed by atoms with van der Waals surface area (Å²) in [5.41, 5.74) is 2.75. The van der Waals surface area contributed by atoms with E-state index in [1.54, 1.807) is 49.1 Å². The molecular formula is C25H23N3O4S. The third-order valence-electron chi connectivity index (χ3n) is 5.00. The van der Waals surface area contributed by atoms with Gasteiger partial charge in [0.05, 0.1) is 36.6 Å². The van der Waals surface area contributed by atoms with Crippen molar-refractivity contribution in [3.8, 4) is 17.2 Å². The highest BCUT2D eigenvalue weighted by molar-refractivity contribution is 7.99. The average molecular weight is 462 g/mol. The van der Waals surface area contributed by atoms with E-state index in [-0.39, 0.29) is 17.2 Å². The fourth-order valence-electron chi connectivity index (χ4n) is 3.34. The number of aryl methyl sites for hydroxylation is 1. The van der Waals surface area contributed by atoms with E-state index < -0.39 is 0 Å². The van der Waals surface area contributed by atoms with Crippen molar-refractivity contribution in [3.05, 3.63) is 82.6 Å². The molecule has 33 heavy (non-hydrogen) atoms. The van der Waals surface area contributed by atoms with Gasteiger partial charge >= 0.3 is 0 Å². The molecule has 0 aliphatic heterocycles. The molecule has 7 nitrogen and oxygen atoms in total. The van der Waals surface area contributed by atoms with Crippen LogP contribution in [0.5, 0.6) is 11.5 Å². The van der Waals surface area contributed by atoms with Gasteiger partial charge in [-0.2, -0.15) is 0 Å². The highest BCUT2D eigenvalue weighted by Crippen LogP contribution is 2.26. The van der Waals surface area contributed by atoms with Crippen LogP contribution in [0.1, 0.15) is 5.56 Å². The zero-order chi connectivity index (χ0) is 23.4. The fraction of sp³-hybridized carbons (Fsp3) is 0.160. The lowest BCUT2D eigenvalue weighted by Crippen LogP contribution is -2.23. The Bertz CT molecular complexity index is 1340. The standard InChI is InChI=1S/C25H23N3O4S/c1-16-8-10-18(11-9-16)28-24(30)21-6-4-5-7-22(21)27-25(28)33-15-23(29)26-17-12-19(31-2)14-20(13-17)32-3/h4-14H,15H2,1-3H3,(H,26,29). The number of amides is 1. The number of nitrogens with one attached hydrogen (secondary N) is 1. The van der Waals surface area contributed by atoms with Gasteiger partial charge in [-0.15, -0.1) is 0 Å². The second-order valence-corrected chi connectivity index (χ2v) is 8.27. The van der Waals surface area contributed by atoms with Gasteiger partial charge < -0.3 is 14.8 Å². The number of thioether (sulfide) groups is 1. The van der Waals surface area contributed by atoms with Gasteiger partial charge in [0.1, 0.15) is 11.5 Å². The largest absolute Gasteiger partial charge is 0.497 e. The topological polar surface area (TPSA) is 82.5 Å². The predicted molar refractivity (Wildman–Crippen MR) is 131 cm³/mol. The third-order valence-corrected chi connectivity index (χ3v) is 5.94. The molecule has 0 saturated heterocycles. The highest BCUT2D eigenvalue weighted by atomic mass is 32.2. The summed E-state index contributed by atoms with van der Waals surface area (Å²) >= 11 is 1.20. The number of anilines is 1. The molecule has 0 atom stereocenters. The summed E-state index contributed by atoms with van der Waals surface area (Å²) in [5, 5.41) is 3.81. The number of rotatable bonds is 7. The van der Waals surface area contributed by atoms with Crippen LogP contribution >= 0.6 is 11.8 Å². The number of hydrogen-bond acceptors (Lipinski definition) is 6. The van der Waals surface area contributed by atoms with Crippen molar-refractivity contribution < 1.29 is 14.3 Å². The fourth-order valence-corrected chi connectivity index (χ4v) is 4.15. The molecule has 0 spiro atoms. The van der Waals surface area contributed by atoms with Crippen molar-refractivity contribution in [2.24, 2.45) is 0 Å². The molecule has 1 amide bonds. The summed E-state index contributed by atoms with van der Waals surface area (Å²) < 4.78 is 12.1. The number of benzene rings is 3. The minimum Gasteiger partial charge on any atom is -0.497 e. The van der Waals surface area contributed by atoms with Crippen LogP contribution in [0.25, 0.3) is 16.6 Å². The van der Waals surface area contributed by atoms with Crippen LogP contribution < -0.4 is 20.3 Å². The van der Waals surface area contributed by atoms with E-state index in [0.29, 0.717) is 38.9 Å². The van der Waals surface area contributed by atoms with Crippen LogP contribution in [0.4, 0.5) is 5.69 Å².